The summed E-state index contributed by atoms with van der Waals surface area (Å²) in [6, 6.07) is 0. The van der Waals surface area contributed by atoms with Gasteiger partial charge in [-0.1, -0.05) is 82.6 Å². The molecule has 0 saturated heterocycles. The number of rotatable bonds is 16. The van der Waals surface area contributed by atoms with Crippen molar-refractivity contribution in [2.24, 2.45) is 0 Å². The summed E-state index contributed by atoms with van der Waals surface area (Å²) < 4.78 is 0. The lowest BCUT2D eigenvalue weighted by atomic mass is 10.1. The van der Waals surface area contributed by atoms with Crippen LogP contribution in [-0.2, 0) is 4.79 Å². The zero-order chi connectivity index (χ0) is 17.2. The number of allylic oxidation sites excluding steroid dienone is 3. The van der Waals surface area contributed by atoms with Crippen LogP contribution < -0.4 is 0 Å². The van der Waals surface area contributed by atoms with Crippen molar-refractivity contribution in [3.05, 3.63) is 24.3 Å². The molecule has 0 aromatic rings. The van der Waals surface area contributed by atoms with E-state index in [1.807, 2.05) is 18.2 Å². The largest absolute Gasteiger partial charge is 0.481 e. The zero-order valence-corrected chi connectivity index (χ0v) is 14.9. The van der Waals surface area contributed by atoms with E-state index in [9.17, 15) is 9.90 Å². The molecule has 0 saturated carbocycles. The molecule has 0 bridgehead atoms. The summed E-state index contributed by atoms with van der Waals surface area (Å²) in [5, 5.41) is 18.4. The van der Waals surface area contributed by atoms with Crippen LogP contribution in [0.5, 0.6) is 0 Å². The van der Waals surface area contributed by atoms with Gasteiger partial charge in [-0.25, -0.2) is 0 Å². The highest BCUT2D eigenvalue weighted by atomic mass is 16.4. The van der Waals surface area contributed by atoms with Gasteiger partial charge in [0.1, 0.15) is 0 Å². The van der Waals surface area contributed by atoms with Gasteiger partial charge in [0.05, 0.1) is 6.10 Å². The van der Waals surface area contributed by atoms with Gasteiger partial charge in [-0.2, -0.15) is 0 Å². The smallest absolute Gasteiger partial charge is 0.303 e. The first-order valence-electron chi connectivity index (χ1n) is 9.40. The van der Waals surface area contributed by atoms with Crippen LogP contribution in [0.2, 0.25) is 0 Å². The van der Waals surface area contributed by atoms with Crippen LogP contribution in [0.15, 0.2) is 24.3 Å². The normalized spacial score (nSPS) is 13.1. The van der Waals surface area contributed by atoms with E-state index in [1.165, 1.54) is 32.1 Å². The number of hydrogen-bond donors (Lipinski definition) is 2. The Morgan fingerprint density at radius 1 is 0.913 bits per heavy atom. The third-order valence-corrected chi connectivity index (χ3v) is 3.95. The second-order valence-electron chi connectivity index (χ2n) is 6.28. The lowest BCUT2D eigenvalue weighted by Crippen LogP contribution is -2.01. The van der Waals surface area contributed by atoms with Crippen LogP contribution in [-0.4, -0.2) is 22.3 Å². The fourth-order valence-corrected chi connectivity index (χ4v) is 2.49. The molecule has 1 unspecified atom stereocenters. The Kier molecular flexibility index (Phi) is 16.4. The van der Waals surface area contributed by atoms with Crippen LogP contribution in [0, 0.1) is 0 Å². The van der Waals surface area contributed by atoms with E-state index in [0.717, 1.165) is 44.9 Å². The number of carboxylic acid groups (broad SMARTS) is 1. The maximum atomic E-state index is 10.4. The first-order chi connectivity index (χ1) is 11.2. The Labute approximate surface area is 142 Å². The first-order valence-corrected chi connectivity index (χ1v) is 9.40. The maximum Gasteiger partial charge on any atom is 0.303 e. The molecular weight excluding hydrogens is 288 g/mol. The quantitative estimate of drug-likeness (QED) is 0.285. The van der Waals surface area contributed by atoms with E-state index in [4.69, 9.17) is 5.11 Å². The molecule has 0 spiro atoms. The van der Waals surface area contributed by atoms with Crippen LogP contribution in [0.1, 0.15) is 90.4 Å². The second kappa shape index (κ2) is 17.3. The van der Waals surface area contributed by atoms with E-state index < -0.39 is 5.97 Å². The SMILES string of the molecule is CCCCCC=CC=CC(O)CCCCCCCCCC(=O)O. The minimum absolute atomic E-state index is 0.297. The molecule has 0 fully saturated rings. The van der Waals surface area contributed by atoms with Gasteiger partial charge in [-0.3, -0.25) is 4.79 Å². The van der Waals surface area contributed by atoms with Gasteiger partial charge in [0.2, 0.25) is 0 Å². The van der Waals surface area contributed by atoms with Crippen molar-refractivity contribution in [3.8, 4) is 0 Å². The molecule has 0 aliphatic rings. The Hall–Kier alpha value is -1.09. The number of carboxylic acids is 1. The van der Waals surface area contributed by atoms with Crippen LogP contribution in [0.3, 0.4) is 0 Å². The van der Waals surface area contributed by atoms with Gasteiger partial charge < -0.3 is 10.2 Å². The topological polar surface area (TPSA) is 57.5 Å². The van der Waals surface area contributed by atoms with Crippen molar-refractivity contribution in [3.63, 3.8) is 0 Å². The molecule has 1 atom stereocenters. The minimum Gasteiger partial charge on any atom is -0.481 e. The highest BCUT2D eigenvalue weighted by Gasteiger charge is 1.99. The average molecular weight is 325 g/mol. The van der Waals surface area contributed by atoms with E-state index >= 15 is 0 Å². The number of hydrogen-bond acceptors (Lipinski definition) is 2. The van der Waals surface area contributed by atoms with Crippen molar-refractivity contribution in [2.45, 2.75) is 96.5 Å². The summed E-state index contributed by atoms with van der Waals surface area (Å²) in [4.78, 5) is 10.4. The molecule has 0 aromatic heterocycles. The van der Waals surface area contributed by atoms with Crippen molar-refractivity contribution in [2.75, 3.05) is 0 Å². The minimum atomic E-state index is -0.692. The fraction of sp³-hybridized carbons (Fsp3) is 0.750. The molecule has 0 amide bonds. The number of aliphatic hydroxyl groups is 1. The predicted octanol–water partition coefficient (Wildman–Crippen LogP) is 5.64. The number of aliphatic carboxylic acids is 1. The molecule has 3 heteroatoms. The molecule has 0 aromatic carbocycles. The van der Waals surface area contributed by atoms with E-state index in [-0.39, 0.29) is 6.10 Å². The lowest BCUT2D eigenvalue weighted by Gasteiger charge is -2.05. The lowest BCUT2D eigenvalue weighted by molar-refractivity contribution is -0.137. The predicted molar refractivity (Wildman–Crippen MR) is 97.6 cm³/mol. The summed E-state index contributed by atoms with van der Waals surface area (Å²) in [5.41, 5.74) is 0. The molecule has 23 heavy (non-hydrogen) atoms. The van der Waals surface area contributed by atoms with Gasteiger partial charge in [0.15, 0.2) is 0 Å². The first kappa shape index (κ1) is 21.9. The molecule has 0 rings (SSSR count). The van der Waals surface area contributed by atoms with Crippen molar-refractivity contribution in [1.82, 2.24) is 0 Å². The average Bonchev–Trinajstić information content (AvgIpc) is 2.52. The van der Waals surface area contributed by atoms with Crippen molar-refractivity contribution >= 4 is 5.97 Å². The Morgan fingerprint density at radius 3 is 2.22 bits per heavy atom. The molecule has 0 aliphatic carbocycles. The van der Waals surface area contributed by atoms with Crippen LogP contribution in [0.25, 0.3) is 0 Å². The summed E-state index contributed by atoms with van der Waals surface area (Å²) in [7, 11) is 0. The number of unbranched alkanes of at least 4 members (excludes halogenated alkanes) is 9. The number of aliphatic hydroxyl groups excluding tert-OH is 1. The highest BCUT2D eigenvalue weighted by molar-refractivity contribution is 5.66. The van der Waals surface area contributed by atoms with Crippen LogP contribution in [0.4, 0.5) is 0 Å². The molecule has 0 heterocycles. The molecule has 134 valence electrons. The molecule has 2 N–H and O–H groups in total. The Balaban J connectivity index is 3.35. The van der Waals surface area contributed by atoms with Gasteiger partial charge >= 0.3 is 5.97 Å². The van der Waals surface area contributed by atoms with E-state index in [1.54, 1.807) is 0 Å². The van der Waals surface area contributed by atoms with Crippen molar-refractivity contribution in [1.29, 1.82) is 0 Å². The Morgan fingerprint density at radius 2 is 1.57 bits per heavy atom. The van der Waals surface area contributed by atoms with Crippen LogP contribution >= 0.6 is 0 Å². The van der Waals surface area contributed by atoms with Crippen molar-refractivity contribution < 1.29 is 15.0 Å². The highest BCUT2D eigenvalue weighted by Crippen LogP contribution is 2.11. The summed E-state index contributed by atoms with van der Waals surface area (Å²) in [6.07, 6.45) is 21.3. The van der Waals surface area contributed by atoms with E-state index in [2.05, 4.69) is 13.0 Å². The van der Waals surface area contributed by atoms with Gasteiger partial charge in [0, 0.05) is 6.42 Å². The molecule has 0 aliphatic heterocycles. The third kappa shape index (κ3) is 18.9. The third-order valence-electron chi connectivity index (χ3n) is 3.95. The molecule has 3 nitrogen and oxygen atoms in total. The number of carbonyl (C=O) groups is 1. The van der Waals surface area contributed by atoms with Gasteiger partial charge in [-0.05, 0) is 25.7 Å². The van der Waals surface area contributed by atoms with Gasteiger partial charge in [-0.15, -0.1) is 0 Å². The maximum absolute atomic E-state index is 10.4. The van der Waals surface area contributed by atoms with E-state index in [0.29, 0.717) is 6.42 Å². The summed E-state index contributed by atoms with van der Waals surface area (Å²) >= 11 is 0. The summed E-state index contributed by atoms with van der Waals surface area (Å²) in [5.74, 6) is -0.692. The molecular formula is C20H36O3. The zero-order valence-electron chi connectivity index (χ0n) is 14.9. The molecule has 0 radical (unpaired) electrons. The summed E-state index contributed by atoms with van der Waals surface area (Å²) in [6.45, 7) is 2.21. The Bertz CT molecular complexity index is 321. The second-order valence-corrected chi connectivity index (χ2v) is 6.28. The van der Waals surface area contributed by atoms with Gasteiger partial charge in [0.25, 0.3) is 0 Å². The fourth-order valence-electron chi connectivity index (χ4n) is 2.49. The standard InChI is InChI=1S/C20H36O3/c1-2-3-4-5-7-10-13-16-19(21)17-14-11-8-6-9-12-15-18-20(22)23/h7,10,13,16,19,21H,2-6,8-9,11-12,14-15,17-18H2,1H3,(H,22,23). The monoisotopic (exact) mass is 324 g/mol.